The Morgan fingerprint density at radius 2 is 1.85 bits per heavy atom. The normalized spacial score (nSPS) is 26.4. The zero-order valence-electron chi connectivity index (χ0n) is 19.9. The van der Waals surface area contributed by atoms with E-state index in [0.717, 1.165) is 76.5 Å². The number of carbonyl (C=O) groups excluding carboxylic acids is 2. The fourth-order valence-electron chi connectivity index (χ4n) is 5.01. The van der Waals surface area contributed by atoms with Gasteiger partial charge < -0.3 is 15.0 Å². The summed E-state index contributed by atoms with van der Waals surface area (Å²) in [5.74, 6) is 1.84. The molecule has 2 saturated heterocycles. The number of urea groups is 1. The number of rotatable bonds is 7. The molecule has 3 fully saturated rings. The highest BCUT2D eigenvalue weighted by Gasteiger charge is 2.27. The summed E-state index contributed by atoms with van der Waals surface area (Å²) in [4.78, 5) is 27.1. The van der Waals surface area contributed by atoms with Gasteiger partial charge in [-0.3, -0.25) is 14.7 Å². The Kier molecular flexibility index (Phi) is 8.51. The van der Waals surface area contributed by atoms with Crippen molar-refractivity contribution in [2.75, 3.05) is 30.3 Å². The van der Waals surface area contributed by atoms with E-state index in [4.69, 9.17) is 4.74 Å². The highest BCUT2D eigenvalue weighted by Crippen LogP contribution is 2.28. The molecule has 3 amide bonds. The lowest BCUT2D eigenvalue weighted by molar-refractivity contribution is -0.117. The molecule has 9 nitrogen and oxygen atoms in total. The third kappa shape index (κ3) is 6.62. The molecule has 0 radical (unpaired) electrons. The lowest BCUT2D eigenvalue weighted by Crippen LogP contribution is -2.48. The Labute approximate surface area is 200 Å². The largest absolute Gasteiger partial charge is 0.376 e. The minimum atomic E-state index is -0.400. The molecule has 1 aliphatic carbocycles. The minimum absolute atomic E-state index is 0.119. The molecule has 1 aromatic heterocycles. The number of nitrogens with one attached hydrogen (secondary N) is 2. The van der Waals surface area contributed by atoms with E-state index in [1.54, 1.807) is 0 Å². The van der Waals surface area contributed by atoms with Crippen LogP contribution in [-0.4, -0.2) is 64.3 Å². The van der Waals surface area contributed by atoms with Gasteiger partial charge in [0.2, 0.25) is 11.9 Å². The van der Waals surface area contributed by atoms with Crippen molar-refractivity contribution in [3.05, 3.63) is 0 Å². The Balaban J connectivity index is 1.34. The van der Waals surface area contributed by atoms with Crippen LogP contribution in [0.5, 0.6) is 0 Å². The first-order chi connectivity index (χ1) is 16.0. The van der Waals surface area contributed by atoms with Crippen molar-refractivity contribution in [2.24, 2.45) is 11.8 Å². The third-order valence-corrected chi connectivity index (χ3v) is 8.15. The number of amides is 3. The van der Waals surface area contributed by atoms with Gasteiger partial charge in [0.05, 0.1) is 18.4 Å². The zero-order valence-corrected chi connectivity index (χ0v) is 20.7. The van der Waals surface area contributed by atoms with Crippen LogP contribution in [0.3, 0.4) is 0 Å². The maximum Gasteiger partial charge on any atom is 0.321 e. The topological polar surface area (TPSA) is 101 Å². The van der Waals surface area contributed by atoms with Gasteiger partial charge in [0.25, 0.3) is 0 Å². The molecule has 3 aliphatic rings. The first kappa shape index (κ1) is 24.3. The average Bonchev–Trinajstić information content (AvgIpc) is 3.45. The van der Waals surface area contributed by atoms with Crippen LogP contribution in [-0.2, 0) is 16.1 Å². The number of thioether (sulfide) groups is 1. The molecule has 3 heterocycles. The van der Waals surface area contributed by atoms with Gasteiger partial charge in [-0.05, 0) is 50.4 Å². The van der Waals surface area contributed by atoms with Crippen molar-refractivity contribution in [1.82, 2.24) is 25.4 Å². The number of hydrogen-bond acceptors (Lipinski definition) is 7. The molecule has 184 valence electrons. The molecule has 0 spiro atoms. The van der Waals surface area contributed by atoms with E-state index < -0.39 is 6.03 Å². The zero-order chi connectivity index (χ0) is 23.2. The van der Waals surface area contributed by atoms with E-state index in [1.807, 2.05) is 0 Å². The first-order valence-electron chi connectivity index (χ1n) is 12.5. The molecule has 1 saturated carbocycles. The van der Waals surface area contributed by atoms with Crippen LogP contribution in [0.2, 0.25) is 0 Å². The number of anilines is 1. The van der Waals surface area contributed by atoms with E-state index in [0.29, 0.717) is 17.6 Å². The third-order valence-electron chi connectivity index (χ3n) is 7.19. The van der Waals surface area contributed by atoms with Crippen molar-refractivity contribution in [3.63, 3.8) is 0 Å². The standard InChI is InChI=1S/C23H38N6O3S/c1-16-9-11-28(12-10-16)22-26-27-23(29(22)14-18-7-5-13-32-18)33-15-20(30)25-21(31)24-19-8-4-3-6-17(19)2/h16-19H,3-15H2,1-2H3,(H2,24,25,30,31). The average molecular weight is 479 g/mol. The van der Waals surface area contributed by atoms with Gasteiger partial charge in [-0.2, -0.15) is 0 Å². The fraction of sp³-hybridized carbons (Fsp3) is 0.826. The van der Waals surface area contributed by atoms with Crippen molar-refractivity contribution >= 4 is 29.6 Å². The number of ether oxygens (including phenoxy) is 1. The second-order valence-corrected chi connectivity index (χ2v) is 10.8. The number of aromatic nitrogens is 3. The summed E-state index contributed by atoms with van der Waals surface area (Å²) in [6, 6.07) is -0.258. The van der Waals surface area contributed by atoms with E-state index in [1.165, 1.54) is 18.2 Å². The molecule has 0 aromatic carbocycles. The number of nitrogens with zero attached hydrogens (tertiary/aromatic N) is 4. The second kappa shape index (κ2) is 11.6. The fourth-order valence-corrected chi connectivity index (χ4v) is 5.75. The summed E-state index contributed by atoms with van der Waals surface area (Å²) in [5, 5.41) is 15.0. The van der Waals surface area contributed by atoms with Crippen LogP contribution in [0.1, 0.15) is 65.2 Å². The van der Waals surface area contributed by atoms with Gasteiger partial charge in [0.1, 0.15) is 0 Å². The van der Waals surface area contributed by atoms with Crippen LogP contribution < -0.4 is 15.5 Å². The highest BCUT2D eigenvalue weighted by atomic mass is 32.2. The molecular formula is C23H38N6O3S. The maximum absolute atomic E-state index is 12.5. The summed E-state index contributed by atoms with van der Waals surface area (Å²) < 4.78 is 7.97. The number of carbonyl (C=O) groups is 2. The second-order valence-electron chi connectivity index (χ2n) is 9.88. The number of piperidine rings is 1. The smallest absolute Gasteiger partial charge is 0.321 e. The van der Waals surface area contributed by atoms with Gasteiger partial charge >= 0.3 is 6.03 Å². The summed E-state index contributed by atoms with van der Waals surface area (Å²) in [5.41, 5.74) is 0. The molecule has 4 rings (SSSR count). The van der Waals surface area contributed by atoms with Crippen molar-refractivity contribution in [1.29, 1.82) is 0 Å². The molecule has 2 aliphatic heterocycles. The molecular weight excluding hydrogens is 440 g/mol. The first-order valence-corrected chi connectivity index (χ1v) is 13.5. The summed E-state index contributed by atoms with van der Waals surface area (Å²) >= 11 is 1.33. The van der Waals surface area contributed by atoms with E-state index in [9.17, 15) is 9.59 Å². The summed E-state index contributed by atoms with van der Waals surface area (Å²) in [7, 11) is 0. The van der Waals surface area contributed by atoms with Crippen molar-refractivity contribution in [2.45, 2.75) is 89.1 Å². The Morgan fingerprint density at radius 1 is 1.06 bits per heavy atom. The van der Waals surface area contributed by atoms with Crippen LogP contribution in [0.15, 0.2) is 5.16 Å². The molecule has 33 heavy (non-hydrogen) atoms. The van der Waals surface area contributed by atoms with E-state index >= 15 is 0 Å². The van der Waals surface area contributed by atoms with Crippen LogP contribution in [0, 0.1) is 11.8 Å². The lowest BCUT2D eigenvalue weighted by Gasteiger charge is -2.31. The van der Waals surface area contributed by atoms with Crippen LogP contribution in [0.25, 0.3) is 0 Å². The van der Waals surface area contributed by atoms with Crippen LogP contribution in [0.4, 0.5) is 10.7 Å². The number of hydrogen-bond donors (Lipinski definition) is 2. The van der Waals surface area contributed by atoms with Crippen molar-refractivity contribution in [3.8, 4) is 0 Å². The van der Waals surface area contributed by atoms with Crippen LogP contribution >= 0.6 is 11.8 Å². The number of imide groups is 1. The molecule has 3 atom stereocenters. The predicted octanol–water partition coefficient (Wildman–Crippen LogP) is 3.19. The molecule has 3 unspecified atom stereocenters. The minimum Gasteiger partial charge on any atom is -0.376 e. The lowest BCUT2D eigenvalue weighted by atomic mass is 9.86. The van der Waals surface area contributed by atoms with Gasteiger partial charge in [-0.15, -0.1) is 10.2 Å². The molecule has 2 N–H and O–H groups in total. The summed E-state index contributed by atoms with van der Waals surface area (Å²) in [6.07, 6.45) is 8.97. The predicted molar refractivity (Wildman–Crippen MR) is 128 cm³/mol. The van der Waals surface area contributed by atoms with Gasteiger partial charge in [0.15, 0.2) is 5.16 Å². The molecule has 0 bridgehead atoms. The Bertz CT molecular complexity index is 804. The Morgan fingerprint density at radius 3 is 2.58 bits per heavy atom. The van der Waals surface area contributed by atoms with Gasteiger partial charge in [-0.1, -0.05) is 38.5 Å². The SMILES string of the molecule is CC1CCN(c2nnc(SCC(=O)NC(=O)NC3CCCCC3C)n2CC2CCCO2)CC1. The summed E-state index contributed by atoms with van der Waals surface area (Å²) in [6.45, 7) is 7.87. The monoisotopic (exact) mass is 478 g/mol. The quantitative estimate of drug-likeness (QED) is 0.580. The molecule has 1 aromatic rings. The maximum atomic E-state index is 12.5. The Hall–Kier alpha value is -1.81. The highest BCUT2D eigenvalue weighted by molar-refractivity contribution is 7.99. The van der Waals surface area contributed by atoms with Crippen molar-refractivity contribution < 1.29 is 14.3 Å². The van der Waals surface area contributed by atoms with E-state index in [-0.39, 0.29) is 23.8 Å². The van der Waals surface area contributed by atoms with E-state index in [2.05, 4.69) is 44.1 Å². The molecule has 10 heteroatoms. The van der Waals surface area contributed by atoms with Gasteiger partial charge in [-0.25, -0.2) is 4.79 Å². The van der Waals surface area contributed by atoms with Gasteiger partial charge in [0, 0.05) is 25.7 Å².